The monoisotopic (exact) mass is 323 g/mol. The Bertz CT molecular complexity index is 469. The molecule has 0 fully saturated rings. The molecule has 0 unspecified atom stereocenters. The summed E-state index contributed by atoms with van der Waals surface area (Å²) in [5.74, 6) is -2.25. The van der Waals surface area contributed by atoms with Crippen LogP contribution in [0.3, 0.4) is 0 Å². The summed E-state index contributed by atoms with van der Waals surface area (Å²) in [5, 5.41) is 19.0. The zero-order valence-electron chi connectivity index (χ0n) is 11.7. The molecule has 1 heterocycles. The van der Waals surface area contributed by atoms with Gasteiger partial charge in [-0.25, -0.2) is 9.59 Å². The Hall–Kier alpha value is -0.614. The van der Waals surface area contributed by atoms with Crippen molar-refractivity contribution < 1.29 is 78.1 Å². The van der Waals surface area contributed by atoms with Gasteiger partial charge in [0.2, 0.25) is 0 Å². The van der Waals surface area contributed by atoms with Gasteiger partial charge in [0.05, 0.1) is 11.1 Å². The minimum Gasteiger partial charge on any atom is -1.00 e. The standard InChI is InChI=1S/C8H6O4.C4H5NS.K.H2O.H/c9-7(10)5-2-1-3-6(4-5)8(11)12;1-2-4-6-5-3-1;;;/h1-4H,(H,9,10)(H,11,12);1-5H;;1H2;/q;;+1;;-1. The molecule has 104 valence electrons. The number of aromatic carboxylic acids is 2. The number of carbonyl (C=O) groups is 2. The molecule has 0 saturated carbocycles. The van der Waals surface area contributed by atoms with Crippen LogP contribution in [-0.2, 0) is 0 Å². The predicted octanol–water partition coefficient (Wildman–Crippen LogP) is -1.36. The number of nitrogens with one attached hydrogen (secondary N) is 1. The minimum absolute atomic E-state index is 0. The number of benzene rings is 1. The molecule has 6 nitrogen and oxygen atoms in total. The Morgan fingerprint density at radius 1 is 1.10 bits per heavy atom. The van der Waals surface area contributed by atoms with Gasteiger partial charge in [0.1, 0.15) is 0 Å². The van der Waals surface area contributed by atoms with E-state index in [1.807, 2.05) is 23.8 Å². The molecule has 0 radical (unpaired) electrons. The summed E-state index contributed by atoms with van der Waals surface area (Å²) in [5.41, 5.74) is -0.0372. The Morgan fingerprint density at radius 3 is 1.90 bits per heavy atom. The third-order valence-corrected chi connectivity index (χ3v) is 2.41. The van der Waals surface area contributed by atoms with Gasteiger partial charge >= 0.3 is 63.3 Å². The van der Waals surface area contributed by atoms with E-state index in [9.17, 15) is 9.59 Å². The van der Waals surface area contributed by atoms with Crippen molar-refractivity contribution >= 4 is 23.9 Å². The van der Waals surface area contributed by atoms with Crippen molar-refractivity contribution in [3.63, 3.8) is 0 Å². The molecule has 2 rings (SSSR count). The average Bonchev–Trinajstić information content (AvgIpc) is 2.41. The van der Waals surface area contributed by atoms with Crippen molar-refractivity contribution in [2.45, 2.75) is 0 Å². The third kappa shape index (κ3) is 8.54. The van der Waals surface area contributed by atoms with Gasteiger partial charge in [0, 0.05) is 6.20 Å². The number of carboxylic acid groups (broad SMARTS) is 2. The van der Waals surface area contributed by atoms with Crippen LogP contribution in [-0.4, -0.2) is 27.6 Å². The third-order valence-electron chi connectivity index (χ3n) is 1.85. The van der Waals surface area contributed by atoms with Crippen molar-refractivity contribution in [3.05, 3.63) is 59.2 Å². The normalized spacial score (nSPS) is 10.8. The summed E-state index contributed by atoms with van der Waals surface area (Å²) >= 11 is 1.58. The molecule has 0 spiro atoms. The predicted molar refractivity (Wildman–Crippen MR) is 74.1 cm³/mol. The van der Waals surface area contributed by atoms with E-state index in [0.29, 0.717) is 0 Å². The van der Waals surface area contributed by atoms with Crippen molar-refractivity contribution in [3.8, 4) is 0 Å². The molecule has 0 bridgehead atoms. The first-order chi connectivity index (χ1) is 8.61. The summed E-state index contributed by atoms with van der Waals surface area (Å²) < 4.78 is 2.93. The van der Waals surface area contributed by atoms with Crippen LogP contribution in [0.15, 0.2) is 48.0 Å². The van der Waals surface area contributed by atoms with Gasteiger partial charge in [-0.05, 0) is 41.6 Å². The van der Waals surface area contributed by atoms with E-state index < -0.39 is 11.9 Å². The Labute approximate surface area is 164 Å². The smallest absolute Gasteiger partial charge is 1.00 e. The number of hydrogen-bond acceptors (Lipinski definition) is 4. The Morgan fingerprint density at radius 2 is 1.65 bits per heavy atom. The summed E-state index contributed by atoms with van der Waals surface area (Å²) in [6, 6.07) is 5.20. The van der Waals surface area contributed by atoms with Crippen LogP contribution >= 0.6 is 11.9 Å². The number of hydrogen-bond donors (Lipinski definition) is 3. The second kappa shape index (κ2) is 12.2. The molecule has 1 aromatic rings. The molecule has 0 aliphatic carbocycles. The van der Waals surface area contributed by atoms with Crippen LogP contribution in [0.1, 0.15) is 22.1 Å². The summed E-state index contributed by atoms with van der Waals surface area (Å²) in [6.45, 7) is 0. The largest absolute Gasteiger partial charge is 1.00 e. The van der Waals surface area contributed by atoms with Gasteiger partial charge in [-0.15, -0.1) is 0 Å². The van der Waals surface area contributed by atoms with E-state index in [-0.39, 0.29) is 69.4 Å². The fourth-order valence-electron chi connectivity index (χ4n) is 1.04. The molecule has 1 aliphatic rings. The van der Waals surface area contributed by atoms with Gasteiger partial charge in [-0.1, -0.05) is 12.1 Å². The average molecular weight is 323 g/mol. The zero-order chi connectivity index (χ0) is 13.4. The first kappa shape index (κ1) is 21.7. The van der Waals surface area contributed by atoms with Crippen molar-refractivity contribution in [2.75, 3.05) is 0 Å². The zero-order valence-corrected chi connectivity index (χ0v) is 14.7. The molecule has 1 aromatic carbocycles. The van der Waals surface area contributed by atoms with E-state index in [0.717, 1.165) is 6.07 Å². The summed E-state index contributed by atoms with van der Waals surface area (Å²) in [4.78, 5) is 20.8. The fraction of sp³-hybridized carbons (Fsp3) is 0. The van der Waals surface area contributed by atoms with Crippen molar-refractivity contribution in [2.24, 2.45) is 0 Å². The van der Waals surface area contributed by atoms with Crippen LogP contribution in [0, 0.1) is 0 Å². The van der Waals surface area contributed by atoms with Gasteiger partial charge < -0.3 is 21.8 Å². The van der Waals surface area contributed by atoms with E-state index in [1.54, 1.807) is 11.9 Å². The summed E-state index contributed by atoms with van der Waals surface area (Å²) in [7, 11) is 0. The van der Waals surface area contributed by atoms with E-state index >= 15 is 0 Å². The van der Waals surface area contributed by atoms with E-state index in [2.05, 4.69) is 4.72 Å². The Kier molecular flexibility index (Phi) is 13.2. The van der Waals surface area contributed by atoms with Gasteiger partial charge in [0.15, 0.2) is 0 Å². The van der Waals surface area contributed by atoms with Crippen LogP contribution in [0.5, 0.6) is 0 Å². The van der Waals surface area contributed by atoms with Crippen molar-refractivity contribution in [1.29, 1.82) is 0 Å². The molecular formula is C12H14KNO5S. The van der Waals surface area contributed by atoms with Gasteiger partial charge in [0.25, 0.3) is 0 Å². The second-order valence-corrected chi connectivity index (χ2v) is 3.86. The fourth-order valence-corrected chi connectivity index (χ4v) is 1.45. The Balaban J connectivity index is -0.000000312. The van der Waals surface area contributed by atoms with Crippen LogP contribution < -0.4 is 56.1 Å². The first-order valence-corrected chi connectivity index (χ1v) is 5.78. The maximum Gasteiger partial charge on any atom is 1.00 e. The summed E-state index contributed by atoms with van der Waals surface area (Å²) in [6.07, 6.45) is 5.84. The van der Waals surface area contributed by atoms with Crippen LogP contribution in [0.25, 0.3) is 0 Å². The van der Waals surface area contributed by atoms with E-state index in [1.165, 1.54) is 18.2 Å². The number of carboxylic acids is 2. The molecule has 0 atom stereocenters. The van der Waals surface area contributed by atoms with Gasteiger partial charge in [-0.3, -0.25) is 0 Å². The molecule has 0 amide bonds. The SMILES string of the molecule is C1=CNSC=C1.O.O=C(O)c1cccc(C(=O)O)c1.[H-].[K+]. The van der Waals surface area contributed by atoms with Crippen LogP contribution in [0.2, 0.25) is 0 Å². The van der Waals surface area contributed by atoms with Gasteiger partial charge in [-0.2, -0.15) is 0 Å². The molecule has 5 N–H and O–H groups in total. The molecule has 1 aliphatic heterocycles. The maximum atomic E-state index is 10.4. The number of rotatable bonds is 2. The molecular weight excluding hydrogens is 309 g/mol. The number of allylic oxidation sites excluding steroid dienone is 2. The minimum atomic E-state index is -1.13. The molecule has 0 aromatic heterocycles. The maximum absolute atomic E-state index is 10.4. The van der Waals surface area contributed by atoms with Crippen LogP contribution in [0.4, 0.5) is 0 Å². The molecule has 0 saturated heterocycles. The quantitative estimate of drug-likeness (QED) is 0.457. The molecule has 20 heavy (non-hydrogen) atoms. The second-order valence-electron chi connectivity index (χ2n) is 3.11. The molecule has 8 heteroatoms. The topological polar surface area (TPSA) is 118 Å². The van der Waals surface area contributed by atoms with E-state index in [4.69, 9.17) is 10.2 Å². The first-order valence-electron chi connectivity index (χ1n) is 4.91. The van der Waals surface area contributed by atoms with Crippen molar-refractivity contribution in [1.82, 2.24) is 4.72 Å².